The SMILES string of the molecule is CCOC(=O)c1c(C)sc(-c2cc(CN3CCN(Cc4cc(-c5sc(C)c(C(=O)OCC)c5C)cc(C(=O)OC)n4)CCN(Cc4cc(-c5sc(C)c(C(=O)OCC)c5C)cc(C(=O)OC)n4)CC3)nc(C(=O)OC)c2)c1C. The third-order valence-electron chi connectivity index (χ3n) is 13.4. The van der Waals surface area contributed by atoms with Gasteiger partial charge in [0.05, 0.1) is 74.9 Å². The third-order valence-corrected chi connectivity index (χ3v) is 17.1. The summed E-state index contributed by atoms with van der Waals surface area (Å²) in [4.78, 5) is 105. The number of hydrogen-bond acceptors (Lipinski definition) is 21. The first-order valence-electron chi connectivity index (χ1n) is 25.6. The van der Waals surface area contributed by atoms with Crippen molar-refractivity contribution in [3.8, 4) is 31.3 Å². The number of pyridine rings is 3. The summed E-state index contributed by atoms with van der Waals surface area (Å²) in [5.41, 5.74) is 8.04. The Balaban J connectivity index is 1.28. The Bertz CT molecular complexity index is 2900. The summed E-state index contributed by atoms with van der Waals surface area (Å²) >= 11 is 4.33. The molecule has 0 radical (unpaired) electrons. The normalized spacial score (nSPS) is 13.5. The lowest BCUT2D eigenvalue weighted by atomic mass is 10.0. The van der Waals surface area contributed by atoms with Crippen molar-refractivity contribution in [2.75, 3.05) is 80.4 Å². The average molecular weight is 1120 g/mol. The van der Waals surface area contributed by atoms with Crippen molar-refractivity contribution in [1.82, 2.24) is 29.7 Å². The van der Waals surface area contributed by atoms with Gasteiger partial charge in [0.2, 0.25) is 0 Å². The maximum Gasteiger partial charge on any atom is 0.356 e. The van der Waals surface area contributed by atoms with Gasteiger partial charge in [0.1, 0.15) is 17.1 Å². The lowest BCUT2D eigenvalue weighted by Gasteiger charge is -2.26. The lowest BCUT2D eigenvalue weighted by molar-refractivity contribution is 0.0515. The Morgan fingerprint density at radius 2 is 0.654 bits per heavy atom. The predicted molar refractivity (Wildman–Crippen MR) is 299 cm³/mol. The molecule has 1 aliphatic heterocycles. The first kappa shape index (κ1) is 58.9. The highest BCUT2D eigenvalue weighted by molar-refractivity contribution is 7.16. The van der Waals surface area contributed by atoms with Gasteiger partial charge < -0.3 is 28.4 Å². The molecule has 0 spiro atoms. The van der Waals surface area contributed by atoms with Crippen molar-refractivity contribution in [2.45, 2.75) is 81.9 Å². The summed E-state index contributed by atoms with van der Waals surface area (Å²) in [6.07, 6.45) is 0. The summed E-state index contributed by atoms with van der Waals surface area (Å²) < 4.78 is 31.8. The van der Waals surface area contributed by atoms with E-state index in [1.165, 1.54) is 55.3 Å². The minimum Gasteiger partial charge on any atom is -0.464 e. The summed E-state index contributed by atoms with van der Waals surface area (Å²) in [6, 6.07) is 10.9. The molecule has 18 nitrogen and oxygen atoms in total. The van der Waals surface area contributed by atoms with Gasteiger partial charge >= 0.3 is 35.8 Å². The zero-order chi connectivity index (χ0) is 56.5. The number of thiophene rings is 3. The Kier molecular flexibility index (Phi) is 19.8. The van der Waals surface area contributed by atoms with Crippen LogP contribution in [0, 0.1) is 41.5 Å². The number of nitrogens with zero attached hydrogens (tertiary/aromatic N) is 6. The largest absolute Gasteiger partial charge is 0.464 e. The maximum atomic E-state index is 13.3. The molecule has 1 saturated heterocycles. The van der Waals surface area contributed by atoms with Gasteiger partial charge in [-0.05, 0) is 132 Å². The highest BCUT2D eigenvalue weighted by Gasteiger charge is 2.28. The first-order chi connectivity index (χ1) is 37.3. The van der Waals surface area contributed by atoms with E-state index in [9.17, 15) is 28.8 Å². The van der Waals surface area contributed by atoms with Crippen LogP contribution in [0.15, 0.2) is 36.4 Å². The van der Waals surface area contributed by atoms with E-state index < -0.39 is 35.8 Å². The monoisotopic (exact) mass is 1120 g/mol. The fraction of sp³-hybridized carbons (Fsp3) is 0.421. The van der Waals surface area contributed by atoms with Crippen LogP contribution >= 0.6 is 34.0 Å². The molecule has 0 bridgehead atoms. The van der Waals surface area contributed by atoms with Crippen LogP contribution in [0.2, 0.25) is 0 Å². The van der Waals surface area contributed by atoms with E-state index in [1.54, 1.807) is 39.0 Å². The molecule has 414 valence electrons. The van der Waals surface area contributed by atoms with E-state index in [2.05, 4.69) is 14.7 Å². The number of carbonyl (C=O) groups is 6. The van der Waals surface area contributed by atoms with Gasteiger partial charge in [0.25, 0.3) is 0 Å². The van der Waals surface area contributed by atoms with Crippen LogP contribution < -0.4 is 0 Å². The van der Waals surface area contributed by atoms with E-state index >= 15 is 0 Å². The number of esters is 6. The Morgan fingerprint density at radius 3 is 0.872 bits per heavy atom. The molecular weight excluding hydrogens is 1060 g/mol. The third kappa shape index (κ3) is 13.4. The highest BCUT2D eigenvalue weighted by atomic mass is 32.1. The van der Waals surface area contributed by atoms with Crippen LogP contribution in [0.25, 0.3) is 31.3 Å². The molecule has 7 heterocycles. The molecule has 0 atom stereocenters. The summed E-state index contributed by atoms with van der Waals surface area (Å²) in [6.45, 7) is 21.5. The fourth-order valence-corrected chi connectivity index (χ4v) is 13.1. The van der Waals surface area contributed by atoms with Crippen LogP contribution in [0.3, 0.4) is 0 Å². The van der Waals surface area contributed by atoms with Gasteiger partial charge in [-0.3, -0.25) is 14.7 Å². The fourth-order valence-electron chi connectivity index (χ4n) is 9.67. The Labute approximate surface area is 466 Å². The molecule has 0 N–H and O–H groups in total. The quantitative estimate of drug-likeness (QED) is 0.0580. The molecule has 7 rings (SSSR count). The van der Waals surface area contributed by atoms with Crippen molar-refractivity contribution in [3.63, 3.8) is 0 Å². The standard InChI is InChI=1S/C57H66N6O12S3/c1-13-73-55(67)46-31(4)49(76-34(46)7)37-22-40(58-43(25-37)52(64)70-10)28-61-16-18-62(29-41-23-38(26-44(59-41)53(65)71-11)50-32(5)47(35(8)77-50)56(68)74-14-2)20-21-63(19-17-61)30-42-24-39(27-45(60-42)54(66)72-12)51-33(6)48(36(9)78-51)57(69)75-15-3/h22-27H,13-21,28-30H2,1-12H3. The minimum atomic E-state index is -0.603. The van der Waals surface area contributed by atoms with Crippen molar-refractivity contribution in [2.24, 2.45) is 0 Å². The van der Waals surface area contributed by atoms with Crippen LogP contribution in [-0.2, 0) is 48.1 Å². The van der Waals surface area contributed by atoms with E-state index in [4.69, 9.17) is 43.4 Å². The van der Waals surface area contributed by atoms with Crippen molar-refractivity contribution in [3.05, 3.63) is 119 Å². The molecule has 0 aromatic carbocycles. The first-order valence-corrected chi connectivity index (χ1v) is 28.0. The minimum absolute atomic E-state index is 0.122. The molecule has 0 unspecified atom stereocenters. The van der Waals surface area contributed by atoms with Crippen molar-refractivity contribution < 1.29 is 57.2 Å². The molecule has 21 heteroatoms. The second-order valence-corrected chi connectivity index (χ2v) is 22.3. The Morgan fingerprint density at radius 1 is 0.410 bits per heavy atom. The zero-order valence-electron chi connectivity index (χ0n) is 46.3. The number of rotatable bonds is 18. The number of methoxy groups -OCH3 is 3. The maximum absolute atomic E-state index is 13.3. The molecule has 1 aliphatic rings. The number of aryl methyl sites for hydroxylation is 3. The van der Waals surface area contributed by atoms with Crippen LogP contribution in [0.5, 0.6) is 0 Å². The smallest absolute Gasteiger partial charge is 0.356 e. The van der Waals surface area contributed by atoms with Gasteiger partial charge in [-0.25, -0.2) is 43.7 Å². The molecule has 1 fully saturated rings. The topological polar surface area (TPSA) is 206 Å². The Hall–Kier alpha value is -6.75. The van der Waals surface area contributed by atoms with E-state index in [-0.39, 0.29) is 36.9 Å². The second kappa shape index (κ2) is 26.3. The molecule has 78 heavy (non-hydrogen) atoms. The average Bonchev–Trinajstić information content (AvgIpc) is 4.16. The number of carbonyl (C=O) groups excluding carboxylic acids is 6. The van der Waals surface area contributed by atoms with Crippen LogP contribution in [0.1, 0.15) is 132 Å². The van der Waals surface area contributed by atoms with E-state index in [1.807, 2.05) is 59.7 Å². The molecule has 0 amide bonds. The van der Waals surface area contributed by atoms with Crippen molar-refractivity contribution >= 4 is 69.8 Å². The van der Waals surface area contributed by atoms with E-state index in [0.29, 0.717) is 109 Å². The molecular formula is C57H66N6O12S3. The number of hydrogen-bond donors (Lipinski definition) is 0. The second-order valence-electron chi connectivity index (χ2n) is 18.6. The molecule has 0 saturated carbocycles. The molecule has 6 aromatic rings. The predicted octanol–water partition coefficient (Wildman–Crippen LogP) is 9.62. The van der Waals surface area contributed by atoms with Crippen molar-refractivity contribution in [1.29, 1.82) is 0 Å². The summed E-state index contributed by atoms with van der Waals surface area (Å²) in [7, 11) is 3.93. The zero-order valence-corrected chi connectivity index (χ0v) is 48.7. The lowest BCUT2D eigenvalue weighted by Crippen LogP contribution is -2.36. The molecule has 0 aliphatic carbocycles. The van der Waals surface area contributed by atoms with Gasteiger partial charge in [-0.1, -0.05) is 0 Å². The molecule has 6 aromatic heterocycles. The summed E-state index contributed by atoms with van der Waals surface area (Å²) in [5, 5.41) is 0. The van der Waals surface area contributed by atoms with E-state index in [0.717, 1.165) is 46.0 Å². The summed E-state index contributed by atoms with van der Waals surface area (Å²) in [5.74, 6) is -3.03. The highest BCUT2D eigenvalue weighted by Crippen LogP contribution is 2.40. The van der Waals surface area contributed by atoms with Crippen LogP contribution in [0.4, 0.5) is 0 Å². The number of aromatic nitrogens is 3. The van der Waals surface area contributed by atoms with Crippen LogP contribution in [-0.4, -0.2) is 146 Å². The van der Waals surface area contributed by atoms with Gasteiger partial charge in [-0.2, -0.15) is 0 Å². The van der Waals surface area contributed by atoms with Gasteiger partial charge in [0, 0.05) is 88.2 Å². The van der Waals surface area contributed by atoms with Gasteiger partial charge in [0.15, 0.2) is 0 Å². The number of ether oxygens (including phenoxy) is 6. The van der Waals surface area contributed by atoms with Gasteiger partial charge in [-0.15, -0.1) is 34.0 Å².